The van der Waals surface area contributed by atoms with Crippen LogP contribution in [0.1, 0.15) is 48.3 Å². The van der Waals surface area contributed by atoms with Gasteiger partial charge in [0.2, 0.25) is 0 Å². The Morgan fingerprint density at radius 1 is 1.10 bits per heavy atom. The number of nitrogens with one attached hydrogen (secondary N) is 1. The highest BCUT2D eigenvalue weighted by Crippen LogP contribution is 2.42. The normalized spacial score (nSPS) is 16.2. The van der Waals surface area contributed by atoms with E-state index in [0.717, 1.165) is 22.2 Å². The number of aliphatic hydroxyl groups is 1. The van der Waals surface area contributed by atoms with Gasteiger partial charge in [-0.25, -0.2) is 0 Å². The second-order valence-electron chi connectivity index (χ2n) is 8.63. The van der Waals surface area contributed by atoms with Crippen LogP contribution in [0.15, 0.2) is 54.3 Å². The lowest BCUT2D eigenvalue weighted by Gasteiger charge is -2.29. The number of carbonyl (C=O) groups is 2. The van der Waals surface area contributed by atoms with E-state index in [2.05, 4.69) is 4.98 Å². The predicted octanol–water partition coefficient (Wildman–Crippen LogP) is 5.26. The summed E-state index contributed by atoms with van der Waals surface area (Å²) in [5, 5.41) is 11.5. The molecule has 1 heterocycles. The highest BCUT2D eigenvalue weighted by Gasteiger charge is 2.36. The van der Waals surface area contributed by atoms with Gasteiger partial charge in [0.15, 0.2) is 11.6 Å². The van der Waals surface area contributed by atoms with Gasteiger partial charge in [0.1, 0.15) is 11.5 Å². The summed E-state index contributed by atoms with van der Waals surface area (Å²) in [6.07, 6.45) is 0.912. The molecule has 0 saturated carbocycles. The van der Waals surface area contributed by atoms with Crippen molar-refractivity contribution in [3.8, 4) is 5.75 Å². The molecule has 0 radical (unpaired) electrons. The van der Waals surface area contributed by atoms with Crippen LogP contribution >= 0.6 is 0 Å². The van der Waals surface area contributed by atoms with Crippen LogP contribution in [-0.4, -0.2) is 28.8 Å². The monoisotopic (exact) mass is 403 g/mol. The van der Waals surface area contributed by atoms with E-state index in [1.54, 1.807) is 7.11 Å². The Kier molecular flexibility index (Phi) is 4.98. The molecule has 0 spiro atoms. The fourth-order valence-electron chi connectivity index (χ4n) is 4.20. The van der Waals surface area contributed by atoms with Crippen LogP contribution in [0, 0.1) is 5.41 Å². The van der Waals surface area contributed by atoms with E-state index < -0.39 is 0 Å². The number of ether oxygens (including phenoxy) is 1. The second-order valence-corrected chi connectivity index (χ2v) is 8.63. The van der Waals surface area contributed by atoms with E-state index in [9.17, 15) is 14.7 Å². The van der Waals surface area contributed by atoms with Crippen LogP contribution < -0.4 is 4.74 Å². The van der Waals surface area contributed by atoms with Gasteiger partial charge in [-0.15, -0.1) is 0 Å². The Morgan fingerprint density at radius 3 is 2.47 bits per heavy atom. The lowest BCUT2D eigenvalue weighted by atomic mass is 9.74. The maximum Gasteiger partial charge on any atom is 0.184 e. The van der Waals surface area contributed by atoms with Crippen molar-refractivity contribution in [3.63, 3.8) is 0 Å². The number of rotatable bonds is 5. The third kappa shape index (κ3) is 3.63. The number of H-pyrrole nitrogens is 1. The fourth-order valence-corrected chi connectivity index (χ4v) is 4.20. The number of aromatic amines is 1. The van der Waals surface area contributed by atoms with Crippen LogP contribution in [-0.2, 0) is 11.2 Å². The van der Waals surface area contributed by atoms with Gasteiger partial charge >= 0.3 is 0 Å². The molecule has 0 fully saturated rings. The smallest absolute Gasteiger partial charge is 0.184 e. The zero-order valence-electron chi connectivity index (χ0n) is 17.4. The predicted molar refractivity (Wildman–Crippen MR) is 117 cm³/mol. The van der Waals surface area contributed by atoms with E-state index in [1.165, 1.54) is 0 Å². The Bertz CT molecular complexity index is 1170. The molecule has 0 bridgehead atoms. The quantitative estimate of drug-likeness (QED) is 0.570. The molecule has 5 heteroatoms. The highest BCUT2D eigenvalue weighted by atomic mass is 16.5. The molecule has 0 saturated heterocycles. The topological polar surface area (TPSA) is 79.4 Å². The van der Waals surface area contributed by atoms with Crippen molar-refractivity contribution in [1.82, 2.24) is 4.98 Å². The maximum absolute atomic E-state index is 13.3. The molecule has 2 N–H and O–H groups in total. The molecule has 0 unspecified atom stereocenters. The third-order valence-corrected chi connectivity index (χ3v) is 5.61. The first-order valence-electron chi connectivity index (χ1n) is 10.0. The number of aromatic nitrogens is 1. The molecule has 1 aliphatic rings. The van der Waals surface area contributed by atoms with Crippen molar-refractivity contribution in [1.29, 1.82) is 0 Å². The van der Waals surface area contributed by atoms with Gasteiger partial charge in [-0.3, -0.25) is 9.59 Å². The van der Waals surface area contributed by atoms with Crippen LogP contribution in [0.4, 0.5) is 0 Å². The average molecular weight is 403 g/mol. The van der Waals surface area contributed by atoms with E-state index in [0.29, 0.717) is 24.1 Å². The minimum Gasteiger partial charge on any atom is -0.512 e. The van der Waals surface area contributed by atoms with E-state index in [-0.39, 0.29) is 34.7 Å². The molecule has 1 aromatic heterocycles. The number of hydrogen-bond donors (Lipinski definition) is 2. The molecular weight excluding hydrogens is 378 g/mol. The number of ketones is 2. The van der Waals surface area contributed by atoms with Crippen molar-refractivity contribution >= 4 is 28.0 Å². The first-order valence-corrected chi connectivity index (χ1v) is 10.0. The zero-order chi connectivity index (χ0) is 21.5. The molecule has 3 aromatic rings. The summed E-state index contributed by atoms with van der Waals surface area (Å²) in [6.45, 7) is 3.92. The SMILES string of the molecule is COc1ccc(CC(=O)c2[nH]c3ccccc3c2C2=C(O)CC(C)(C)CC2=O)cc1. The molecule has 0 aliphatic heterocycles. The molecule has 30 heavy (non-hydrogen) atoms. The van der Waals surface area contributed by atoms with Gasteiger partial charge < -0.3 is 14.8 Å². The number of aliphatic hydroxyl groups excluding tert-OH is 1. The summed E-state index contributed by atoms with van der Waals surface area (Å²) < 4.78 is 5.18. The largest absolute Gasteiger partial charge is 0.512 e. The van der Waals surface area contributed by atoms with Gasteiger partial charge in [0.25, 0.3) is 0 Å². The Labute approximate surface area is 175 Å². The van der Waals surface area contributed by atoms with Crippen molar-refractivity contribution in [3.05, 3.63) is 71.1 Å². The standard InChI is InChI=1S/C25H25NO4/c1-25(2)13-20(28)23(21(29)14-25)22-17-6-4-5-7-18(17)26-24(22)19(27)12-15-8-10-16(30-3)11-9-15/h4-11,26,28H,12-14H2,1-3H3. The van der Waals surface area contributed by atoms with E-state index in [4.69, 9.17) is 4.74 Å². The molecule has 2 aromatic carbocycles. The number of carbonyl (C=O) groups excluding carboxylic acids is 2. The van der Waals surface area contributed by atoms with Gasteiger partial charge in [0.05, 0.1) is 18.4 Å². The van der Waals surface area contributed by atoms with Gasteiger partial charge in [0, 0.05) is 35.7 Å². The first-order chi connectivity index (χ1) is 14.3. The number of benzene rings is 2. The summed E-state index contributed by atoms with van der Waals surface area (Å²) in [7, 11) is 1.60. The maximum atomic E-state index is 13.3. The van der Waals surface area contributed by atoms with Gasteiger partial charge in [-0.05, 0) is 29.2 Å². The van der Waals surface area contributed by atoms with Crippen LogP contribution in [0.25, 0.3) is 16.5 Å². The van der Waals surface area contributed by atoms with Crippen molar-refractivity contribution in [2.24, 2.45) is 5.41 Å². The molecule has 4 rings (SSSR count). The van der Waals surface area contributed by atoms with Crippen molar-refractivity contribution < 1.29 is 19.4 Å². The van der Waals surface area contributed by atoms with Crippen LogP contribution in [0.5, 0.6) is 5.75 Å². The molecule has 1 aliphatic carbocycles. The fraction of sp³-hybridized carbons (Fsp3) is 0.280. The minimum absolute atomic E-state index is 0.0551. The molecule has 0 amide bonds. The average Bonchev–Trinajstić information content (AvgIpc) is 3.07. The zero-order valence-corrected chi connectivity index (χ0v) is 17.4. The summed E-state index contributed by atoms with van der Waals surface area (Å²) in [4.78, 5) is 29.5. The highest BCUT2D eigenvalue weighted by molar-refractivity contribution is 6.27. The molecular formula is C25H25NO4. The van der Waals surface area contributed by atoms with Crippen LogP contribution in [0.3, 0.4) is 0 Å². The van der Waals surface area contributed by atoms with Crippen LogP contribution in [0.2, 0.25) is 0 Å². The Balaban J connectivity index is 1.81. The second kappa shape index (κ2) is 7.48. The third-order valence-electron chi connectivity index (χ3n) is 5.61. The number of hydrogen-bond acceptors (Lipinski definition) is 4. The Hall–Kier alpha value is -3.34. The summed E-state index contributed by atoms with van der Waals surface area (Å²) in [6, 6.07) is 14.8. The number of para-hydroxylation sites is 1. The van der Waals surface area contributed by atoms with Gasteiger partial charge in [-0.1, -0.05) is 44.2 Å². The van der Waals surface area contributed by atoms with Crippen molar-refractivity contribution in [2.75, 3.05) is 7.11 Å². The Morgan fingerprint density at radius 2 is 1.80 bits per heavy atom. The van der Waals surface area contributed by atoms with Crippen molar-refractivity contribution in [2.45, 2.75) is 33.1 Å². The van der Waals surface area contributed by atoms with E-state index in [1.807, 2.05) is 62.4 Å². The van der Waals surface area contributed by atoms with E-state index >= 15 is 0 Å². The molecule has 5 nitrogen and oxygen atoms in total. The summed E-state index contributed by atoms with van der Waals surface area (Å²) >= 11 is 0. The number of methoxy groups -OCH3 is 1. The molecule has 0 atom stereocenters. The number of Topliss-reactive ketones (excluding diaryl/α,β-unsaturated/α-hetero) is 2. The summed E-state index contributed by atoms with van der Waals surface area (Å²) in [5.41, 5.74) is 2.46. The lowest BCUT2D eigenvalue weighted by Crippen LogP contribution is -2.25. The number of fused-ring (bicyclic) bond motifs is 1. The van der Waals surface area contributed by atoms with Gasteiger partial charge in [-0.2, -0.15) is 0 Å². The molecule has 154 valence electrons. The summed E-state index contributed by atoms with van der Waals surface area (Å²) in [5.74, 6) is 0.513. The number of allylic oxidation sites excluding steroid dienone is 2. The minimum atomic E-state index is -0.302. The first kappa shape index (κ1) is 20.0. The lowest BCUT2D eigenvalue weighted by molar-refractivity contribution is -0.116.